The molecule has 0 radical (unpaired) electrons. The van der Waals surface area contributed by atoms with Crippen LogP contribution in [0.25, 0.3) is 0 Å². The Morgan fingerprint density at radius 2 is 2.35 bits per heavy atom. The molecule has 0 atom stereocenters. The lowest BCUT2D eigenvalue weighted by molar-refractivity contribution is 0.302. The smallest absolute Gasteiger partial charge is 0.152 e. The first kappa shape index (κ1) is 14.4. The molecule has 0 bridgehead atoms. The number of allylic oxidation sites excluding steroid dienone is 1. The molecule has 1 aliphatic rings. The van der Waals surface area contributed by atoms with Crippen molar-refractivity contribution < 1.29 is 9.13 Å². The van der Waals surface area contributed by atoms with Gasteiger partial charge in [0, 0.05) is 13.1 Å². The predicted octanol–water partition coefficient (Wildman–Crippen LogP) is 2.78. The SMILES string of the molecule is CN=C(/C=C\N)c1c(F)c(Cl)cc(OC2CC2)c1C#N. The summed E-state index contributed by atoms with van der Waals surface area (Å²) >= 11 is 5.88. The minimum atomic E-state index is -0.704. The van der Waals surface area contributed by atoms with E-state index in [1.54, 1.807) is 0 Å². The van der Waals surface area contributed by atoms with Gasteiger partial charge in [0.15, 0.2) is 5.82 Å². The van der Waals surface area contributed by atoms with Crippen LogP contribution in [0.5, 0.6) is 5.75 Å². The van der Waals surface area contributed by atoms with E-state index in [1.807, 2.05) is 6.07 Å². The summed E-state index contributed by atoms with van der Waals surface area (Å²) < 4.78 is 19.9. The number of nitrogens with zero attached hydrogens (tertiary/aromatic N) is 2. The molecule has 1 saturated carbocycles. The summed E-state index contributed by atoms with van der Waals surface area (Å²) in [6.07, 6.45) is 4.56. The van der Waals surface area contributed by atoms with E-state index in [0.717, 1.165) is 12.8 Å². The topological polar surface area (TPSA) is 71.4 Å². The van der Waals surface area contributed by atoms with Crippen molar-refractivity contribution in [2.45, 2.75) is 18.9 Å². The summed E-state index contributed by atoms with van der Waals surface area (Å²) in [7, 11) is 1.48. The van der Waals surface area contributed by atoms with Crippen molar-refractivity contribution in [3.8, 4) is 11.8 Å². The Labute approximate surface area is 121 Å². The Morgan fingerprint density at radius 3 is 2.85 bits per heavy atom. The van der Waals surface area contributed by atoms with Gasteiger partial charge in [0.25, 0.3) is 0 Å². The first-order chi connectivity index (χ1) is 9.62. The highest BCUT2D eigenvalue weighted by Gasteiger charge is 2.28. The number of aliphatic imine (C=N–C) groups is 1. The molecule has 0 aliphatic heterocycles. The molecule has 104 valence electrons. The molecule has 1 aromatic carbocycles. The molecule has 0 saturated heterocycles. The summed E-state index contributed by atoms with van der Waals surface area (Å²) in [6.45, 7) is 0. The van der Waals surface area contributed by atoms with Gasteiger partial charge in [-0.15, -0.1) is 0 Å². The van der Waals surface area contributed by atoms with Crippen molar-refractivity contribution in [1.29, 1.82) is 5.26 Å². The number of benzene rings is 1. The average molecular weight is 294 g/mol. The van der Waals surface area contributed by atoms with Crippen LogP contribution in [0.1, 0.15) is 24.0 Å². The highest BCUT2D eigenvalue weighted by molar-refractivity contribution is 6.31. The van der Waals surface area contributed by atoms with Crippen LogP contribution in [-0.4, -0.2) is 18.9 Å². The third-order valence-electron chi connectivity index (χ3n) is 2.86. The lowest BCUT2D eigenvalue weighted by atomic mass is 10.0. The summed E-state index contributed by atoms with van der Waals surface area (Å²) in [5.74, 6) is -0.423. The zero-order chi connectivity index (χ0) is 14.7. The molecule has 0 spiro atoms. The Kier molecular flexibility index (Phi) is 4.26. The first-order valence-corrected chi connectivity index (χ1v) is 6.44. The monoisotopic (exact) mass is 293 g/mol. The zero-order valence-corrected chi connectivity index (χ0v) is 11.6. The van der Waals surface area contributed by atoms with Crippen LogP contribution >= 0.6 is 11.6 Å². The molecular weight excluding hydrogens is 281 g/mol. The summed E-state index contributed by atoms with van der Waals surface area (Å²) in [5.41, 5.74) is 5.66. The number of nitrogens with two attached hydrogens (primary N) is 1. The molecule has 1 fully saturated rings. The lowest BCUT2D eigenvalue weighted by Crippen LogP contribution is -2.09. The van der Waals surface area contributed by atoms with E-state index in [-0.39, 0.29) is 33.7 Å². The van der Waals surface area contributed by atoms with E-state index in [1.165, 1.54) is 25.4 Å². The molecule has 0 aromatic heterocycles. The maximum absolute atomic E-state index is 14.2. The van der Waals surface area contributed by atoms with Gasteiger partial charge in [0.2, 0.25) is 0 Å². The third kappa shape index (κ3) is 2.75. The maximum atomic E-state index is 14.2. The van der Waals surface area contributed by atoms with Gasteiger partial charge in [-0.2, -0.15) is 5.26 Å². The van der Waals surface area contributed by atoms with Gasteiger partial charge < -0.3 is 10.5 Å². The molecule has 0 unspecified atom stereocenters. The van der Waals surface area contributed by atoms with Crippen LogP contribution in [0.15, 0.2) is 23.3 Å². The Bertz CT molecular complexity index is 630. The number of hydrogen-bond acceptors (Lipinski definition) is 4. The van der Waals surface area contributed by atoms with Crippen molar-refractivity contribution in [2.24, 2.45) is 10.7 Å². The number of rotatable bonds is 4. The van der Waals surface area contributed by atoms with Gasteiger partial charge in [-0.1, -0.05) is 11.6 Å². The van der Waals surface area contributed by atoms with E-state index < -0.39 is 5.82 Å². The predicted molar refractivity (Wildman–Crippen MR) is 75.6 cm³/mol. The fourth-order valence-electron chi connectivity index (χ4n) is 1.77. The van der Waals surface area contributed by atoms with Crippen LogP contribution < -0.4 is 10.5 Å². The zero-order valence-electron chi connectivity index (χ0n) is 10.9. The quantitative estimate of drug-likeness (QED) is 0.868. The van der Waals surface area contributed by atoms with Gasteiger partial charge >= 0.3 is 0 Å². The minimum absolute atomic E-state index is 0.0138. The van der Waals surface area contributed by atoms with Crippen LogP contribution in [0, 0.1) is 17.1 Å². The van der Waals surface area contributed by atoms with Crippen molar-refractivity contribution in [1.82, 2.24) is 0 Å². The summed E-state index contributed by atoms with van der Waals surface area (Å²) in [6, 6.07) is 3.29. The highest BCUT2D eigenvalue weighted by Crippen LogP contribution is 2.35. The molecular formula is C14H13ClFN3O. The molecule has 2 N–H and O–H groups in total. The summed E-state index contributed by atoms with van der Waals surface area (Å²) in [4.78, 5) is 3.94. The number of hydrogen-bond donors (Lipinski definition) is 1. The van der Waals surface area contributed by atoms with Gasteiger partial charge in [0.1, 0.15) is 17.4 Å². The second kappa shape index (κ2) is 5.93. The second-order valence-corrected chi connectivity index (χ2v) is 4.72. The fourth-order valence-corrected chi connectivity index (χ4v) is 1.97. The normalized spacial score (nSPS) is 15.4. The van der Waals surface area contributed by atoms with Crippen LogP contribution in [0.3, 0.4) is 0 Å². The largest absolute Gasteiger partial charge is 0.489 e. The number of nitriles is 1. The second-order valence-electron chi connectivity index (χ2n) is 4.32. The molecule has 1 aliphatic carbocycles. The Balaban J connectivity index is 2.63. The van der Waals surface area contributed by atoms with E-state index in [0.29, 0.717) is 0 Å². The minimum Gasteiger partial charge on any atom is -0.489 e. The molecule has 0 heterocycles. The lowest BCUT2D eigenvalue weighted by Gasteiger charge is -2.13. The van der Waals surface area contributed by atoms with Crippen molar-refractivity contribution >= 4 is 17.3 Å². The maximum Gasteiger partial charge on any atom is 0.152 e. The van der Waals surface area contributed by atoms with Gasteiger partial charge in [-0.25, -0.2) is 4.39 Å². The van der Waals surface area contributed by atoms with Crippen LogP contribution in [0.2, 0.25) is 5.02 Å². The van der Waals surface area contributed by atoms with Crippen molar-refractivity contribution in [3.05, 3.63) is 40.3 Å². The van der Waals surface area contributed by atoms with Crippen molar-refractivity contribution in [2.75, 3.05) is 7.05 Å². The molecule has 6 heteroatoms. The van der Waals surface area contributed by atoms with E-state index in [9.17, 15) is 9.65 Å². The van der Waals surface area contributed by atoms with E-state index >= 15 is 0 Å². The highest BCUT2D eigenvalue weighted by atomic mass is 35.5. The third-order valence-corrected chi connectivity index (χ3v) is 3.14. The van der Waals surface area contributed by atoms with Crippen molar-refractivity contribution in [3.63, 3.8) is 0 Å². The molecule has 20 heavy (non-hydrogen) atoms. The molecule has 0 amide bonds. The fraction of sp³-hybridized carbons (Fsp3) is 0.286. The number of ether oxygens (including phenoxy) is 1. The van der Waals surface area contributed by atoms with Gasteiger partial charge in [-0.05, 0) is 25.1 Å². The van der Waals surface area contributed by atoms with E-state index in [4.69, 9.17) is 22.1 Å². The van der Waals surface area contributed by atoms with Crippen LogP contribution in [0.4, 0.5) is 4.39 Å². The van der Waals surface area contributed by atoms with Gasteiger partial charge in [-0.3, -0.25) is 4.99 Å². The molecule has 4 nitrogen and oxygen atoms in total. The number of halogens is 2. The van der Waals surface area contributed by atoms with Gasteiger partial charge in [0.05, 0.1) is 22.4 Å². The molecule has 2 rings (SSSR count). The summed E-state index contributed by atoms with van der Waals surface area (Å²) in [5, 5.41) is 9.20. The van der Waals surface area contributed by atoms with E-state index in [2.05, 4.69) is 4.99 Å². The Hall–Kier alpha value is -2.06. The average Bonchev–Trinajstić information content (AvgIpc) is 3.24. The first-order valence-electron chi connectivity index (χ1n) is 6.06. The standard InChI is InChI=1S/C14H13ClFN3O/c1-19-11(4-5-17)13-9(7-18)12(20-8-2-3-8)6-10(15)14(13)16/h4-6,8H,2-3,17H2,1H3/b5-4-,19-11?. The Morgan fingerprint density at radius 1 is 1.65 bits per heavy atom. The molecule has 1 aromatic rings. The van der Waals surface area contributed by atoms with Crippen LogP contribution in [-0.2, 0) is 0 Å².